The Morgan fingerprint density at radius 3 is 3.00 bits per heavy atom. The number of carbonyl (C=O) groups excluding carboxylic acids is 1. The van der Waals surface area contributed by atoms with Crippen molar-refractivity contribution in [2.45, 2.75) is 31.7 Å². The molecule has 1 amide bonds. The van der Waals surface area contributed by atoms with Crippen molar-refractivity contribution < 1.29 is 19.4 Å². The smallest absolute Gasteiger partial charge is 0.230 e. The first-order valence-electron chi connectivity index (χ1n) is 5.85. The van der Waals surface area contributed by atoms with Crippen LogP contribution in [-0.2, 0) is 14.3 Å². The van der Waals surface area contributed by atoms with E-state index >= 15 is 0 Å². The van der Waals surface area contributed by atoms with Gasteiger partial charge in [-0.2, -0.15) is 0 Å². The van der Waals surface area contributed by atoms with Gasteiger partial charge < -0.3 is 19.5 Å². The zero-order valence-corrected chi connectivity index (χ0v) is 9.59. The number of nitrogens with zero attached hydrogens (tertiary/aromatic N) is 1. The Morgan fingerprint density at radius 1 is 1.56 bits per heavy atom. The van der Waals surface area contributed by atoms with E-state index in [1.54, 1.807) is 11.9 Å². The molecule has 2 aliphatic heterocycles. The summed E-state index contributed by atoms with van der Waals surface area (Å²) in [5, 5.41) is 9.19. The molecule has 2 saturated heterocycles. The summed E-state index contributed by atoms with van der Waals surface area (Å²) in [5.41, 5.74) is 0. The van der Waals surface area contributed by atoms with Crippen LogP contribution in [0.15, 0.2) is 0 Å². The molecule has 0 spiro atoms. The average molecular weight is 229 g/mol. The van der Waals surface area contributed by atoms with Gasteiger partial charge >= 0.3 is 0 Å². The number of ether oxygens (including phenoxy) is 2. The van der Waals surface area contributed by atoms with Crippen molar-refractivity contribution in [3.05, 3.63) is 0 Å². The van der Waals surface area contributed by atoms with Gasteiger partial charge in [-0.15, -0.1) is 0 Å². The van der Waals surface area contributed by atoms with E-state index < -0.39 is 5.92 Å². The summed E-state index contributed by atoms with van der Waals surface area (Å²) >= 11 is 0. The fraction of sp³-hybridized carbons (Fsp3) is 0.909. The zero-order valence-electron chi connectivity index (χ0n) is 9.59. The van der Waals surface area contributed by atoms with Crippen LogP contribution in [0.2, 0.25) is 0 Å². The maximum Gasteiger partial charge on any atom is 0.230 e. The highest BCUT2D eigenvalue weighted by atomic mass is 16.7. The Hall–Kier alpha value is -0.650. The molecule has 5 heteroatoms. The Bertz CT molecular complexity index is 252. The number of likely N-dealkylation sites (N-methyl/N-ethyl adjacent to an activating group) is 1. The highest BCUT2D eigenvalue weighted by molar-refractivity contribution is 5.81. The van der Waals surface area contributed by atoms with Crippen LogP contribution in [-0.4, -0.2) is 55.1 Å². The molecule has 2 rings (SSSR count). The Labute approximate surface area is 95.3 Å². The molecule has 0 aromatic heterocycles. The van der Waals surface area contributed by atoms with E-state index in [0.717, 1.165) is 25.9 Å². The molecule has 0 aliphatic carbocycles. The molecule has 2 fully saturated rings. The van der Waals surface area contributed by atoms with Gasteiger partial charge in [-0.25, -0.2) is 0 Å². The second kappa shape index (κ2) is 5.12. The van der Waals surface area contributed by atoms with Crippen LogP contribution in [0.3, 0.4) is 0 Å². The van der Waals surface area contributed by atoms with Crippen LogP contribution in [0.5, 0.6) is 0 Å². The van der Waals surface area contributed by atoms with E-state index in [2.05, 4.69) is 0 Å². The first-order chi connectivity index (χ1) is 7.72. The minimum atomic E-state index is -0.421. The predicted molar refractivity (Wildman–Crippen MR) is 56.7 cm³/mol. The molecular formula is C11H19NO4. The molecule has 0 radical (unpaired) electrons. The first-order valence-corrected chi connectivity index (χ1v) is 5.85. The minimum absolute atomic E-state index is 0.0386. The van der Waals surface area contributed by atoms with Crippen LogP contribution in [0.1, 0.15) is 19.3 Å². The summed E-state index contributed by atoms with van der Waals surface area (Å²) in [4.78, 5) is 13.2. The third-order valence-electron chi connectivity index (χ3n) is 3.26. The molecule has 5 nitrogen and oxygen atoms in total. The third-order valence-corrected chi connectivity index (χ3v) is 3.26. The fourth-order valence-corrected chi connectivity index (χ4v) is 2.28. The summed E-state index contributed by atoms with van der Waals surface area (Å²) in [6, 6.07) is 0. The largest absolute Gasteiger partial charge is 0.395 e. The van der Waals surface area contributed by atoms with Crippen molar-refractivity contribution in [1.29, 1.82) is 0 Å². The van der Waals surface area contributed by atoms with Crippen molar-refractivity contribution >= 4 is 5.91 Å². The van der Waals surface area contributed by atoms with Crippen molar-refractivity contribution in [1.82, 2.24) is 4.90 Å². The Balaban J connectivity index is 1.90. The monoisotopic (exact) mass is 229 g/mol. The van der Waals surface area contributed by atoms with Crippen molar-refractivity contribution in [2.75, 3.05) is 26.8 Å². The van der Waals surface area contributed by atoms with Crippen LogP contribution in [0.4, 0.5) is 0 Å². The molecule has 3 unspecified atom stereocenters. The molecule has 0 saturated carbocycles. The number of aliphatic hydroxyl groups is 1. The first kappa shape index (κ1) is 11.8. The highest BCUT2D eigenvalue weighted by Gasteiger charge is 2.40. The molecule has 1 N–H and O–H groups in total. The standard InChI is InChI=1S/C11H19NO4/c1-12-6-9(8(7-13)11(12)14)16-10-4-2-3-5-15-10/h8-10,13H,2-7H2,1H3. The highest BCUT2D eigenvalue weighted by Crippen LogP contribution is 2.24. The topological polar surface area (TPSA) is 59.0 Å². The molecule has 16 heavy (non-hydrogen) atoms. The number of likely N-dealkylation sites (tertiary alicyclic amines) is 1. The van der Waals surface area contributed by atoms with Gasteiger partial charge in [-0.05, 0) is 19.3 Å². The van der Waals surface area contributed by atoms with E-state index in [-0.39, 0.29) is 24.9 Å². The van der Waals surface area contributed by atoms with E-state index in [1.165, 1.54) is 0 Å². The molecule has 0 bridgehead atoms. The van der Waals surface area contributed by atoms with E-state index in [9.17, 15) is 9.90 Å². The zero-order chi connectivity index (χ0) is 11.5. The number of carbonyl (C=O) groups is 1. The summed E-state index contributed by atoms with van der Waals surface area (Å²) in [5.74, 6) is -0.459. The molecule has 0 aromatic rings. The quantitative estimate of drug-likeness (QED) is 0.739. The minimum Gasteiger partial charge on any atom is -0.395 e. The lowest BCUT2D eigenvalue weighted by Gasteiger charge is -2.27. The molecule has 92 valence electrons. The van der Waals surface area contributed by atoms with Gasteiger partial charge in [0.2, 0.25) is 5.91 Å². The summed E-state index contributed by atoms with van der Waals surface area (Å²) in [7, 11) is 1.73. The van der Waals surface area contributed by atoms with E-state index in [0.29, 0.717) is 6.54 Å². The van der Waals surface area contributed by atoms with Gasteiger partial charge in [0.25, 0.3) is 0 Å². The molecule has 3 atom stereocenters. The van der Waals surface area contributed by atoms with Crippen LogP contribution in [0.25, 0.3) is 0 Å². The lowest BCUT2D eigenvalue weighted by molar-refractivity contribution is -0.194. The number of hydrogen-bond acceptors (Lipinski definition) is 4. The summed E-state index contributed by atoms with van der Waals surface area (Å²) < 4.78 is 11.2. The number of rotatable bonds is 3. The number of hydrogen-bond donors (Lipinski definition) is 1. The van der Waals surface area contributed by atoms with E-state index in [4.69, 9.17) is 9.47 Å². The number of aliphatic hydroxyl groups excluding tert-OH is 1. The average Bonchev–Trinajstić information content (AvgIpc) is 2.56. The van der Waals surface area contributed by atoms with Gasteiger partial charge in [0.15, 0.2) is 6.29 Å². The summed E-state index contributed by atoms with van der Waals surface area (Å²) in [6.45, 7) is 1.12. The lowest BCUT2D eigenvalue weighted by atomic mass is 10.1. The molecule has 2 heterocycles. The van der Waals surface area contributed by atoms with E-state index in [1.807, 2.05) is 0 Å². The maximum atomic E-state index is 11.6. The fourth-order valence-electron chi connectivity index (χ4n) is 2.28. The second-order valence-corrected chi connectivity index (χ2v) is 4.48. The molecule has 2 aliphatic rings. The van der Waals surface area contributed by atoms with Gasteiger partial charge in [0.1, 0.15) is 0 Å². The lowest BCUT2D eigenvalue weighted by Crippen LogP contribution is -2.34. The third kappa shape index (κ3) is 2.36. The van der Waals surface area contributed by atoms with Crippen molar-refractivity contribution in [2.24, 2.45) is 5.92 Å². The SMILES string of the molecule is CN1CC(OC2CCCCO2)C(CO)C1=O. The van der Waals surface area contributed by atoms with Crippen LogP contribution in [0, 0.1) is 5.92 Å². The van der Waals surface area contributed by atoms with Gasteiger partial charge in [-0.3, -0.25) is 4.79 Å². The van der Waals surface area contributed by atoms with Crippen LogP contribution < -0.4 is 0 Å². The molecular weight excluding hydrogens is 210 g/mol. The predicted octanol–water partition coefficient (Wildman–Crippen LogP) is -0.0213. The van der Waals surface area contributed by atoms with Crippen molar-refractivity contribution in [3.63, 3.8) is 0 Å². The Morgan fingerprint density at radius 2 is 2.38 bits per heavy atom. The van der Waals surface area contributed by atoms with Crippen molar-refractivity contribution in [3.8, 4) is 0 Å². The normalized spacial score (nSPS) is 35.8. The summed E-state index contributed by atoms with van der Waals surface area (Å²) in [6.07, 6.45) is 2.63. The maximum absolute atomic E-state index is 11.6. The van der Waals surface area contributed by atoms with Crippen LogP contribution >= 0.6 is 0 Å². The number of amides is 1. The molecule has 0 aromatic carbocycles. The van der Waals surface area contributed by atoms with Gasteiger partial charge in [0.05, 0.1) is 18.6 Å². The Kier molecular flexibility index (Phi) is 3.78. The van der Waals surface area contributed by atoms with Gasteiger partial charge in [0, 0.05) is 20.2 Å². The van der Waals surface area contributed by atoms with Gasteiger partial charge in [-0.1, -0.05) is 0 Å². The second-order valence-electron chi connectivity index (χ2n) is 4.48.